The van der Waals surface area contributed by atoms with Crippen LogP contribution in [0.1, 0.15) is 12.8 Å². The number of rotatable bonds is 5. The van der Waals surface area contributed by atoms with Crippen molar-refractivity contribution in [2.24, 2.45) is 5.73 Å². The highest BCUT2D eigenvalue weighted by molar-refractivity contribution is 5.85. The molecule has 0 saturated heterocycles. The van der Waals surface area contributed by atoms with Gasteiger partial charge in [-0.3, -0.25) is 9.59 Å². The topological polar surface area (TPSA) is 98.7 Å². The van der Waals surface area contributed by atoms with Gasteiger partial charge in [-0.2, -0.15) is 0 Å². The number of halogens is 2. The van der Waals surface area contributed by atoms with Crippen molar-refractivity contribution in [3.05, 3.63) is 57.6 Å². The Morgan fingerprint density at radius 1 is 1.17 bits per heavy atom. The molecule has 0 spiro atoms. The molecule has 0 aliphatic rings. The fraction of sp³-hybridized carbons (Fsp3) is 0.267. The molecule has 0 unspecified atom stereocenters. The van der Waals surface area contributed by atoms with Crippen molar-refractivity contribution < 1.29 is 0 Å². The van der Waals surface area contributed by atoms with Gasteiger partial charge in [-0.1, -0.05) is 0 Å². The number of nitrogens with one attached hydrogen (secondary N) is 1. The Bertz CT molecular complexity index is 902. The third-order valence-corrected chi connectivity index (χ3v) is 3.60. The number of unbranched alkanes of at least 4 members (excludes halogenated alkanes) is 1. The van der Waals surface area contributed by atoms with Gasteiger partial charge in [0.15, 0.2) is 0 Å². The first kappa shape index (κ1) is 20.0. The van der Waals surface area contributed by atoms with Crippen LogP contribution in [0.4, 0.5) is 0 Å². The molecule has 0 aliphatic heterocycles. The lowest BCUT2D eigenvalue weighted by Crippen LogP contribution is -2.36. The van der Waals surface area contributed by atoms with Crippen LogP contribution in [0, 0.1) is 0 Å². The predicted molar refractivity (Wildman–Crippen MR) is 98.7 cm³/mol. The third kappa shape index (κ3) is 3.87. The summed E-state index contributed by atoms with van der Waals surface area (Å²) in [6.45, 7) is 1.04. The number of aromatic nitrogens is 4. The van der Waals surface area contributed by atoms with Gasteiger partial charge < -0.3 is 19.9 Å². The third-order valence-electron chi connectivity index (χ3n) is 3.60. The van der Waals surface area contributed by atoms with E-state index in [4.69, 9.17) is 5.73 Å². The molecule has 2 aromatic heterocycles. The molecule has 7 nitrogen and oxygen atoms in total. The summed E-state index contributed by atoms with van der Waals surface area (Å²) in [4.78, 5) is 30.6. The zero-order chi connectivity index (χ0) is 15.5. The Hall–Kier alpha value is -2.09. The number of fused-ring (bicyclic) bond motifs is 1. The number of hydrogen-bond acceptors (Lipinski definition) is 4. The summed E-state index contributed by atoms with van der Waals surface area (Å²) in [5.41, 5.74) is 6.58. The largest absolute Gasteiger partial charge is 0.330 e. The van der Waals surface area contributed by atoms with Crippen molar-refractivity contribution in [3.8, 4) is 5.69 Å². The summed E-state index contributed by atoms with van der Waals surface area (Å²) in [5, 5.41) is 0. The van der Waals surface area contributed by atoms with E-state index in [9.17, 15) is 9.59 Å². The quantitative estimate of drug-likeness (QED) is 0.523. The molecular formula is C15H19Cl2N5O2. The average Bonchev–Trinajstić information content (AvgIpc) is 3.05. The summed E-state index contributed by atoms with van der Waals surface area (Å²) >= 11 is 0. The molecule has 0 bridgehead atoms. The maximum Gasteiger partial charge on any atom is 0.316 e. The van der Waals surface area contributed by atoms with Crippen molar-refractivity contribution >= 4 is 35.8 Å². The fourth-order valence-electron chi connectivity index (χ4n) is 2.47. The van der Waals surface area contributed by atoms with Gasteiger partial charge in [0.2, 0.25) is 0 Å². The SMILES string of the molecule is Cl.Cl.NCCCCn1c(=O)c(=O)[nH]c2ccc(-n3ccnc3)cc21. The first-order valence-electron chi connectivity index (χ1n) is 7.16. The van der Waals surface area contributed by atoms with Crippen molar-refractivity contribution in [3.63, 3.8) is 0 Å². The molecule has 2 heterocycles. The van der Waals surface area contributed by atoms with Gasteiger partial charge in [-0.15, -0.1) is 24.8 Å². The minimum atomic E-state index is -0.601. The molecule has 0 amide bonds. The maximum atomic E-state index is 12.1. The first-order chi connectivity index (χ1) is 10.7. The molecule has 0 fully saturated rings. The summed E-state index contributed by atoms with van der Waals surface area (Å²) in [6.07, 6.45) is 6.75. The van der Waals surface area contributed by atoms with Crippen molar-refractivity contribution in [1.29, 1.82) is 0 Å². The van der Waals surface area contributed by atoms with E-state index in [1.165, 1.54) is 4.57 Å². The molecular weight excluding hydrogens is 353 g/mol. The highest BCUT2D eigenvalue weighted by Gasteiger charge is 2.08. The number of hydrogen-bond donors (Lipinski definition) is 2. The van der Waals surface area contributed by atoms with Crippen LogP contribution < -0.4 is 16.9 Å². The second kappa shape index (κ2) is 8.68. The molecule has 130 valence electrons. The standard InChI is InChI=1S/C15H17N5O2.2ClH/c16-5-1-2-7-20-13-9-11(19-8-6-17-10-19)3-4-12(13)18-14(21)15(20)22;;/h3-4,6,8-10H,1-2,5,7,16H2,(H,18,21);2*1H. The van der Waals surface area contributed by atoms with E-state index in [-0.39, 0.29) is 24.8 Å². The number of nitrogens with zero attached hydrogens (tertiary/aromatic N) is 3. The Kier molecular flexibility index (Phi) is 7.21. The van der Waals surface area contributed by atoms with Crippen LogP contribution in [-0.2, 0) is 6.54 Å². The number of H-pyrrole nitrogens is 1. The summed E-state index contributed by atoms with van der Waals surface area (Å²) < 4.78 is 3.36. The van der Waals surface area contributed by atoms with Gasteiger partial charge >= 0.3 is 11.1 Å². The fourth-order valence-corrected chi connectivity index (χ4v) is 2.47. The Balaban J connectivity index is 0.00000144. The van der Waals surface area contributed by atoms with Gasteiger partial charge in [-0.25, -0.2) is 4.98 Å². The van der Waals surface area contributed by atoms with E-state index < -0.39 is 11.1 Å². The number of aryl methyl sites for hydroxylation is 1. The molecule has 0 radical (unpaired) electrons. The lowest BCUT2D eigenvalue weighted by atomic mass is 10.2. The van der Waals surface area contributed by atoms with Crippen LogP contribution in [0.5, 0.6) is 0 Å². The predicted octanol–water partition coefficient (Wildman–Crippen LogP) is 1.46. The minimum Gasteiger partial charge on any atom is -0.330 e. The van der Waals surface area contributed by atoms with E-state index >= 15 is 0 Å². The lowest BCUT2D eigenvalue weighted by molar-refractivity contribution is 0.609. The molecule has 9 heteroatoms. The Labute approximate surface area is 150 Å². The maximum absolute atomic E-state index is 12.1. The van der Waals surface area contributed by atoms with Crippen LogP contribution in [0.15, 0.2) is 46.5 Å². The number of aromatic amines is 1. The smallest absolute Gasteiger partial charge is 0.316 e. The van der Waals surface area contributed by atoms with Crippen LogP contribution >= 0.6 is 24.8 Å². The van der Waals surface area contributed by atoms with Gasteiger partial charge in [0.25, 0.3) is 0 Å². The molecule has 1 aromatic carbocycles. The van der Waals surface area contributed by atoms with Crippen molar-refractivity contribution in [2.75, 3.05) is 6.54 Å². The van der Waals surface area contributed by atoms with Crippen LogP contribution in [-0.4, -0.2) is 25.6 Å². The van der Waals surface area contributed by atoms with Gasteiger partial charge in [-0.05, 0) is 37.6 Å². The van der Waals surface area contributed by atoms with Gasteiger partial charge in [0.05, 0.1) is 17.4 Å². The Morgan fingerprint density at radius 3 is 2.62 bits per heavy atom. The number of nitrogens with two attached hydrogens (primary N) is 1. The van der Waals surface area contributed by atoms with Gasteiger partial charge in [0.1, 0.15) is 0 Å². The molecule has 0 aliphatic carbocycles. The molecule has 3 rings (SSSR count). The molecule has 0 atom stereocenters. The monoisotopic (exact) mass is 371 g/mol. The van der Waals surface area contributed by atoms with E-state index in [1.54, 1.807) is 18.6 Å². The molecule has 0 saturated carbocycles. The van der Waals surface area contributed by atoms with Crippen LogP contribution in [0.3, 0.4) is 0 Å². The van der Waals surface area contributed by atoms with Gasteiger partial charge in [0, 0.05) is 24.6 Å². The zero-order valence-corrected chi connectivity index (χ0v) is 14.5. The van der Waals surface area contributed by atoms with E-state index in [0.717, 1.165) is 18.5 Å². The Morgan fingerprint density at radius 2 is 1.96 bits per heavy atom. The first-order valence-corrected chi connectivity index (χ1v) is 7.16. The van der Waals surface area contributed by atoms with Crippen molar-refractivity contribution in [1.82, 2.24) is 19.1 Å². The summed E-state index contributed by atoms with van der Waals surface area (Å²) in [6, 6.07) is 5.54. The van der Waals surface area contributed by atoms with Crippen LogP contribution in [0.2, 0.25) is 0 Å². The second-order valence-corrected chi connectivity index (χ2v) is 5.08. The summed E-state index contributed by atoms with van der Waals surface area (Å²) in [7, 11) is 0. The van der Waals surface area contributed by atoms with Crippen molar-refractivity contribution in [2.45, 2.75) is 19.4 Å². The minimum absolute atomic E-state index is 0. The average molecular weight is 372 g/mol. The van der Waals surface area contributed by atoms with Crippen LogP contribution in [0.25, 0.3) is 16.7 Å². The summed E-state index contributed by atoms with van der Waals surface area (Å²) in [5.74, 6) is 0. The number of benzene rings is 1. The molecule has 3 N–H and O–H groups in total. The number of imidazole rings is 1. The second-order valence-electron chi connectivity index (χ2n) is 5.08. The highest BCUT2D eigenvalue weighted by Crippen LogP contribution is 2.15. The highest BCUT2D eigenvalue weighted by atomic mass is 35.5. The van der Waals surface area contributed by atoms with E-state index in [0.29, 0.717) is 24.1 Å². The normalized spacial score (nSPS) is 10.2. The molecule has 24 heavy (non-hydrogen) atoms. The zero-order valence-electron chi connectivity index (χ0n) is 12.8. The van der Waals surface area contributed by atoms with E-state index in [2.05, 4.69) is 9.97 Å². The molecule has 3 aromatic rings. The lowest BCUT2D eigenvalue weighted by Gasteiger charge is -2.11. The van der Waals surface area contributed by atoms with E-state index in [1.807, 2.05) is 22.9 Å².